The Hall–Kier alpha value is -2.07. The highest BCUT2D eigenvalue weighted by Crippen LogP contribution is 2.39. The largest absolute Gasteiger partial charge is 0.496 e. The third kappa shape index (κ3) is 2.79. The summed E-state index contributed by atoms with van der Waals surface area (Å²) in [5.41, 5.74) is 12.5. The van der Waals surface area contributed by atoms with Gasteiger partial charge >= 0.3 is 0 Å². The second-order valence-electron chi connectivity index (χ2n) is 6.08. The topological polar surface area (TPSA) is 38.5 Å². The Labute approximate surface area is 136 Å². The number of hydrogen-bond acceptors (Lipinski definition) is 3. The minimum absolute atomic E-state index is 0.255. The molecule has 1 aliphatic heterocycles. The van der Waals surface area contributed by atoms with Gasteiger partial charge in [0, 0.05) is 24.3 Å². The van der Waals surface area contributed by atoms with E-state index in [1.54, 1.807) is 19.2 Å². The third-order valence-electron chi connectivity index (χ3n) is 4.76. The van der Waals surface area contributed by atoms with Crippen molar-refractivity contribution >= 4 is 5.69 Å². The molecule has 0 amide bonds. The van der Waals surface area contributed by atoms with E-state index >= 15 is 0 Å². The van der Waals surface area contributed by atoms with Gasteiger partial charge in [-0.15, -0.1) is 0 Å². The summed E-state index contributed by atoms with van der Waals surface area (Å²) < 4.78 is 19.3. The van der Waals surface area contributed by atoms with Gasteiger partial charge in [-0.05, 0) is 66.4 Å². The molecule has 2 aromatic rings. The first-order valence-corrected chi connectivity index (χ1v) is 8.02. The first-order valence-electron chi connectivity index (χ1n) is 8.02. The quantitative estimate of drug-likeness (QED) is 0.877. The van der Waals surface area contributed by atoms with Crippen LogP contribution in [-0.2, 0) is 13.0 Å². The lowest BCUT2D eigenvalue weighted by molar-refractivity contribution is 0.269. The highest BCUT2D eigenvalue weighted by atomic mass is 19.1. The molecule has 0 spiro atoms. The monoisotopic (exact) mass is 314 g/mol. The van der Waals surface area contributed by atoms with Gasteiger partial charge in [0.1, 0.15) is 11.6 Å². The van der Waals surface area contributed by atoms with E-state index < -0.39 is 0 Å². The number of nitrogen functional groups attached to an aromatic ring is 1. The number of rotatable bonds is 3. The van der Waals surface area contributed by atoms with Gasteiger partial charge in [-0.3, -0.25) is 4.90 Å². The van der Waals surface area contributed by atoms with Crippen molar-refractivity contribution in [3.05, 3.63) is 46.8 Å². The summed E-state index contributed by atoms with van der Waals surface area (Å²) >= 11 is 0. The highest BCUT2D eigenvalue weighted by Gasteiger charge is 2.23. The first kappa shape index (κ1) is 15.8. The predicted octanol–water partition coefficient (Wildman–Crippen LogP) is 3.77. The molecule has 0 aromatic heterocycles. The molecule has 2 aromatic carbocycles. The summed E-state index contributed by atoms with van der Waals surface area (Å²) in [5.74, 6) is 0.436. The molecule has 4 heteroatoms. The molecule has 0 saturated heterocycles. The summed E-state index contributed by atoms with van der Waals surface area (Å²) in [7, 11) is 1.62. The summed E-state index contributed by atoms with van der Waals surface area (Å²) in [6.07, 6.45) is 0.919. The van der Waals surface area contributed by atoms with E-state index in [9.17, 15) is 4.39 Å². The van der Waals surface area contributed by atoms with Gasteiger partial charge < -0.3 is 10.5 Å². The van der Waals surface area contributed by atoms with Crippen molar-refractivity contribution < 1.29 is 9.13 Å². The maximum absolute atomic E-state index is 13.8. The fourth-order valence-corrected chi connectivity index (χ4v) is 3.38. The van der Waals surface area contributed by atoms with Crippen LogP contribution in [0.5, 0.6) is 5.75 Å². The maximum Gasteiger partial charge on any atom is 0.126 e. The number of methoxy groups -OCH3 is 1. The van der Waals surface area contributed by atoms with Crippen LogP contribution in [0.3, 0.4) is 0 Å². The first-order chi connectivity index (χ1) is 11.0. The Morgan fingerprint density at radius 2 is 2.00 bits per heavy atom. The normalized spacial score (nSPS) is 14.6. The highest BCUT2D eigenvalue weighted by molar-refractivity contribution is 5.79. The summed E-state index contributed by atoms with van der Waals surface area (Å²) in [6, 6.07) is 6.73. The molecule has 0 unspecified atom stereocenters. The van der Waals surface area contributed by atoms with Crippen LogP contribution in [0.1, 0.15) is 23.6 Å². The number of benzene rings is 2. The molecule has 0 atom stereocenters. The Morgan fingerprint density at radius 3 is 2.70 bits per heavy atom. The van der Waals surface area contributed by atoms with Crippen molar-refractivity contribution in [1.82, 2.24) is 4.90 Å². The zero-order valence-corrected chi connectivity index (χ0v) is 13.9. The Morgan fingerprint density at radius 1 is 1.22 bits per heavy atom. The van der Waals surface area contributed by atoms with Crippen molar-refractivity contribution in [2.24, 2.45) is 0 Å². The summed E-state index contributed by atoms with van der Waals surface area (Å²) in [6.45, 7) is 7.02. The molecule has 2 N–H and O–H groups in total. The summed E-state index contributed by atoms with van der Waals surface area (Å²) in [4.78, 5) is 2.38. The third-order valence-corrected chi connectivity index (χ3v) is 4.76. The fraction of sp³-hybridized carbons (Fsp3) is 0.368. The van der Waals surface area contributed by atoms with E-state index in [1.165, 1.54) is 17.2 Å². The van der Waals surface area contributed by atoms with Crippen LogP contribution in [0.15, 0.2) is 24.3 Å². The van der Waals surface area contributed by atoms with Crippen molar-refractivity contribution in [2.45, 2.75) is 26.8 Å². The van der Waals surface area contributed by atoms with Crippen LogP contribution >= 0.6 is 0 Å². The SMILES string of the molecule is CCN1CCc2c(-c3cc(F)ccc3OC)cc(C)c(N)c2C1. The molecule has 3 nitrogen and oxygen atoms in total. The van der Waals surface area contributed by atoms with Crippen LogP contribution in [0.4, 0.5) is 10.1 Å². The molecule has 1 aliphatic rings. The van der Waals surface area contributed by atoms with Crippen molar-refractivity contribution in [2.75, 3.05) is 25.9 Å². The van der Waals surface area contributed by atoms with Crippen molar-refractivity contribution in [3.8, 4) is 16.9 Å². The minimum atomic E-state index is -0.255. The fourth-order valence-electron chi connectivity index (χ4n) is 3.38. The average molecular weight is 314 g/mol. The number of halogens is 1. The molecule has 0 radical (unpaired) electrons. The lowest BCUT2D eigenvalue weighted by atomic mass is 9.87. The number of anilines is 1. The molecule has 3 rings (SSSR count). The van der Waals surface area contributed by atoms with E-state index in [-0.39, 0.29) is 5.82 Å². The number of nitrogens with two attached hydrogens (primary N) is 1. The zero-order valence-electron chi connectivity index (χ0n) is 13.9. The van der Waals surface area contributed by atoms with E-state index in [1.807, 2.05) is 6.92 Å². The number of fused-ring (bicyclic) bond motifs is 1. The molecule has 1 heterocycles. The molecule has 122 valence electrons. The zero-order chi connectivity index (χ0) is 16.6. The van der Waals surface area contributed by atoms with Crippen molar-refractivity contribution in [3.63, 3.8) is 0 Å². The Balaban J connectivity index is 2.22. The van der Waals surface area contributed by atoms with Gasteiger partial charge in [-0.2, -0.15) is 0 Å². The predicted molar refractivity (Wildman–Crippen MR) is 92.2 cm³/mol. The molecule has 0 saturated carbocycles. The van der Waals surface area contributed by atoms with Gasteiger partial charge in [0.2, 0.25) is 0 Å². The van der Waals surface area contributed by atoms with Gasteiger partial charge in [-0.25, -0.2) is 4.39 Å². The molecule has 0 fully saturated rings. The minimum Gasteiger partial charge on any atom is -0.496 e. The second kappa shape index (κ2) is 6.20. The van der Waals surface area contributed by atoms with Gasteiger partial charge in [0.15, 0.2) is 0 Å². The van der Waals surface area contributed by atoms with E-state index in [2.05, 4.69) is 17.9 Å². The molecule has 0 bridgehead atoms. The van der Waals surface area contributed by atoms with Crippen molar-refractivity contribution in [1.29, 1.82) is 0 Å². The van der Waals surface area contributed by atoms with Crippen LogP contribution in [-0.4, -0.2) is 25.1 Å². The van der Waals surface area contributed by atoms with E-state index in [4.69, 9.17) is 10.5 Å². The molecule has 23 heavy (non-hydrogen) atoms. The second-order valence-corrected chi connectivity index (χ2v) is 6.08. The van der Waals surface area contributed by atoms with Crippen LogP contribution in [0.2, 0.25) is 0 Å². The smallest absolute Gasteiger partial charge is 0.126 e. The van der Waals surface area contributed by atoms with Crippen LogP contribution < -0.4 is 10.5 Å². The maximum atomic E-state index is 13.8. The number of aryl methyl sites for hydroxylation is 1. The van der Waals surface area contributed by atoms with E-state index in [0.717, 1.165) is 48.4 Å². The number of nitrogens with zero attached hydrogens (tertiary/aromatic N) is 1. The van der Waals surface area contributed by atoms with Crippen LogP contribution in [0, 0.1) is 12.7 Å². The summed E-state index contributed by atoms with van der Waals surface area (Å²) in [5, 5.41) is 0. The lowest BCUT2D eigenvalue weighted by Gasteiger charge is -2.31. The number of likely N-dealkylation sites (N-methyl/N-ethyl adjacent to an activating group) is 1. The standard InChI is InChI=1S/C19H23FN2O/c1-4-22-8-7-14-15(9-12(2)19(21)17(14)11-22)16-10-13(20)5-6-18(16)23-3/h5-6,9-10H,4,7-8,11,21H2,1-3H3. The Kier molecular flexibility index (Phi) is 4.26. The molecule has 0 aliphatic carbocycles. The average Bonchev–Trinajstić information content (AvgIpc) is 2.57. The lowest BCUT2D eigenvalue weighted by Crippen LogP contribution is -2.31. The van der Waals surface area contributed by atoms with E-state index in [0.29, 0.717) is 5.75 Å². The number of ether oxygens (including phenoxy) is 1. The van der Waals surface area contributed by atoms with Gasteiger partial charge in [-0.1, -0.05) is 6.92 Å². The molecular formula is C19H23FN2O. The van der Waals surface area contributed by atoms with Gasteiger partial charge in [0.05, 0.1) is 7.11 Å². The number of hydrogen-bond donors (Lipinski definition) is 1. The molecular weight excluding hydrogens is 291 g/mol. The van der Waals surface area contributed by atoms with Crippen LogP contribution in [0.25, 0.3) is 11.1 Å². The van der Waals surface area contributed by atoms with Gasteiger partial charge in [0.25, 0.3) is 0 Å². The Bertz CT molecular complexity index is 743.